The quantitative estimate of drug-likeness (QED) is 0.775. The molecule has 0 fully saturated rings. The van der Waals surface area contributed by atoms with Crippen LogP contribution in [0.3, 0.4) is 0 Å². The lowest BCUT2D eigenvalue weighted by Gasteiger charge is -2.21. The molecule has 1 aromatic heterocycles. The number of ether oxygens (including phenoxy) is 1. The van der Waals surface area contributed by atoms with E-state index < -0.39 is 0 Å². The molecule has 0 amide bonds. The third kappa shape index (κ3) is 4.26. The van der Waals surface area contributed by atoms with Gasteiger partial charge in [0.15, 0.2) is 0 Å². The van der Waals surface area contributed by atoms with Crippen LogP contribution in [0.4, 0.5) is 0 Å². The van der Waals surface area contributed by atoms with E-state index in [1.54, 1.807) is 18.4 Å². The van der Waals surface area contributed by atoms with Crippen molar-refractivity contribution in [1.82, 2.24) is 0 Å². The molecule has 2 atom stereocenters. The highest BCUT2D eigenvalue weighted by Crippen LogP contribution is 2.37. The Hall–Kier alpha value is 0.260. The number of hydrogen-bond acceptors (Lipinski definition) is 4. The van der Waals surface area contributed by atoms with Gasteiger partial charge in [0.05, 0.1) is 16.2 Å². The molecule has 2 unspecified atom stereocenters. The van der Waals surface area contributed by atoms with E-state index in [0.717, 1.165) is 23.1 Å². The standard InChI is InChI=1S/C11H18ClNOS2/c1-3-8(13)11(15-7-6-14-2)9-4-5-10(12)16-9/h4-5,8,11H,3,6-7,13H2,1-2H3. The minimum Gasteiger partial charge on any atom is -0.384 e. The van der Waals surface area contributed by atoms with Crippen LogP contribution in [0.1, 0.15) is 23.5 Å². The summed E-state index contributed by atoms with van der Waals surface area (Å²) in [5, 5.41) is 0.331. The largest absolute Gasteiger partial charge is 0.384 e. The first-order chi connectivity index (χ1) is 7.69. The Labute approximate surface area is 111 Å². The van der Waals surface area contributed by atoms with Crippen molar-refractivity contribution in [3.8, 4) is 0 Å². The number of thioether (sulfide) groups is 1. The maximum Gasteiger partial charge on any atom is 0.0931 e. The summed E-state index contributed by atoms with van der Waals surface area (Å²) in [6.07, 6.45) is 0.972. The van der Waals surface area contributed by atoms with E-state index >= 15 is 0 Å². The lowest BCUT2D eigenvalue weighted by atomic mass is 10.1. The molecule has 0 aliphatic carbocycles. The van der Waals surface area contributed by atoms with E-state index in [2.05, 4.69) is 13.0 Å². The Morgan fingerprint density at radius 1 is 1.56 bits per heavy atom. The van der Waals surface area contributed by atoms with E-state index in [1.165, 1.54) is 4.88 Å². The SMILES string of the molecule is CCC(N)C(SCCOC)c1ccc(Cl)s1. The third-order valence-corrected chi connectivity index (χ3v) is 5.15. The van der Waals surface area contributed by atoms with Crippen molar-refractivity contribution in [3.63, 3.8) is 0 Å². The summed E-state index contributed by atoms with van der Waals surface area (Å²) in [7, 11) is 1.72. The molecule has 0 aromatic carbocycles. The van der Waals surface area contributed by atoms with Crippen LogP contribution in [-0.2, 0) is 4.74 Å². The summed E-state index contributed by atoms with van der Waals surface area (Å²) in [6, 6.07) is 4.19. The normalized spacial score (nSPS) is 15.0. The van der Waals surface area contributed by atoms with Crippen molar-refractivity contribution in [2.45, 2.75) is 24.6 Å². The van der Waals surface area contributed by atoms with Gasteiger partial charge in [-0.2, -0.15) is 0 Å². The molecule has 16 heavy (non-hydrogen) atoms. The van der Waals surface area contributed by atoms with Gasteiger partial charge in [-0.3, -0.25) is 0 Å². The average molecular weight is 280 g/mol. The van der Waals surface area contributed by atoms with E-state index in [4.69, 9.17) is 22.1 Å². The predicted molar refractivity (Wildman–Crippen MR) is 74.7 cm³/mol. The zero-order valence-electron chi connectivity index (χ0n) is 9.61. The average Bonchev–Trinajstić information content (AvgIpc) is 2.70. The molecular formula is C11H18ClNOS2. The van der Waals surface area contributed by atoms with Gasteiger partial charge in [-0.15, -0.1) is 23.1 Å². The summed E-state index contributed by atoms with van der Waals surface area (Å²) < 4.78 is 5.89. The molecule has 0 saturated carbocycles. The predicted octanol–water partition coefficient (Wildman–Crippen LogP) is 3.56. The highest BCUT2D eigenvalue weighted by atomic mass is 35.5. The lowest BCUT2D eigenvalue weighted by Crippen LogP contribution is -2.25. The maximum absolute atomic E-state index is 6.14. The van der Waals surface area contributed by atoms with Gasteiger partial charge in [0.2, 0.25) is 0 Å². The molecule has 0 bridgehead atoms. The minimum atomic E-state index is 0.177. The second-order valence-corrected chi connectivity index (χ2v) is 6.49. The van der Waals surface area contributed by atoms with Crippen LogP contribution in [0.2, 0.25) is 4.34 Å². The first-order valence-corrected chi connectivity index (χ1v) is 7.54. The minimum absolute atomic E-state index is 0.177. The number of nitrogens with two attached hydrogens (primary N) is 1. The molecule has 2 N–H and O–H groups in total. The fourth-order valence-electron chi connectivity index (χ4n) is 1.37. The molecule has 0 radical (unpaired) electrons. The van der Waals surface area contributed by atoms with E-state index in [9.17, 15) is 0 Å². The third-order valence-electron chi connectivity index (χ3n) is 2.32. The topological polar surface area (TPSA) is 35.2 Å². The Balaban J connectivity index is 2.63. The maximum atomic E-state index is 6.14. The molecule has 2 nitrogen and oxygen atoms in total. The van der Waals surface area contributed by atoms with Gasteiger partial charge in [-0.25, -0.2) is 0 Å². The van der Waals surface area contributed by atoms with Crippen molar-refractivity contribution in [2.24, 2.45) is 5.73 Å². The number of rotatable bonds is 7. The molecule has 0 saturated heterocycles. The van der Waals surface area contributed by atoms with Crippen molar-refractivity contribution < 1.29 is 4.74 Å². The molecule has 1 aromatic rings. The number of thiophene rings is 1. The highest BCUT2D eigenvalue weighted by Gasteiger charge is 2.20. The van der Waals surface area contributed by atoms with Gasteiger partial charge in [0, 0.05) is 23.8 Å². The molecular weight excluding hydrogens is 262 g/mol. The van der Waals surface area contributed by atoms with Crippen LogP contribution < -0.4 is 5.73 Å². The highest BCUT2D eigenvalue weighted by molar-refractivity contribution is 7.99. The Kier molecular flexibility index (Phi) is 6.77. The monoisotopic (exact) mass is 279 g/mol. The van der Waals surface area contributed by atoms with Gasteiger partial charge < -0.3 is 10.5 Å². The summed E-state index contributed by atoms with van der Waals surface area (Å²) in [5.74, 6) is 0.963. The fourth-order valence-corrected chi connectivity index (χ4v) is 4.04. The van der Waals surface area contributed by atoms with Crippen molar-refractivity contribution in [3.05, 3.63) is 21.3 Å². The van der Waals surface area contributed by atoms with E-state index in [1.807, 2.05) is 17.8 Å². The number of hydrogen-bond donors (Lipinski definition) is 1. The molecule has 5 heteroatoms. The lowest BCUT2D eigenvalue weighted by molar-refractivity contribution is 0.218. The van der Waals surface area contributed by atoms with Crippen LogP contribution in [-0.4, -0.2) is 25.5 Å². The van der Waals surface area contributed by atoms with Gasteiger partial charge in [0.1, 0.15) is 0 Å². The molecule has 92 valence electrons. The summed E-state index contributed by atoms with van der Waals surface area (Å²) in [5.41, 5.74) is 6.14. The van der Waals surface area contributed by atoms with E-state index in [-0.39, 0.29) is 6.04 Å². The summed E-state index contributed by atoms with van der Waals surface area (Å²) in [4.78, 5) is 1.26. The zero-order valence-corrected chi connectivity index (χ0v) is 12.0. The second kappa shape index (κ2) is 7.56. The smallest absolute Gasteiger partial charge is 0.0931 e. The molecule has 0 aliphatic heterocycles. The van der Waals surface area contributed by atoms with Crippen LogP contribution in [0.15, 0.2) is 12.1 Å². The van der Waals surface area contributed by atoms with Gasteiger partial charge in [-0.05, 0) is 18.6 Å². The molecule has 1 rings (SSSR count). The van der Waals surface area contributed by atoms with Crippen LogP contribution in [0.25, 0.3) is 0 Å². The van der Waals surface area contributed by atoms with Gasteiger partial charge >= 0.3 is 0 Å². The van der Waals surface area contributed by atoms with Crippen molar-refractivity contribution in [1.29, 1.82) is 0 Å². The van der Waals surface area contributed by atoms with Gasteiger partial charge in [-0.1, -0.05) is 18.5 Å². The molecule has 1 heterocycles. The Morgan fingerprint density at radius 2 is 2.31 bits per heavy atom. The van der Waals surface area contributed by atoms with Gasteiger partial charge in [0.25, 0.3) is 0 Å². The van der Waals surface area contributed by atoms with Crippen molar-refractivity contribution in [2.75, 3.05) is 19.5 Å². The molecule has 0 aliphatic rings. The second-order valence-electron chi connectivity index (χ2n) is 3.50. The first kappa shape index (κ1) is 14.3. The van der Waals surface area contributed by atoms with Crippen molar-refractivity contribution >= 4 is 34.7 Å². The Morgan fingerprint density at radius 3 is 2.81 bits per heavy atom. The van der Waals surface area contributed by atoms with E-state index in [0.29, 0.717) is 5.25 Å². The van der Waals surface area contributed by atoms with Crippen LogP contribution >= 0.6 is 34.7 Å². The number of methoxy groups -OCH3 is 1. The first-order valence-electron chi connectivity index (χ1n) is 5.30. The summed E-state index contributed by atoms with van der Waals surface area (Å²) in [6.45, 7) is 2.88. The summed E-state index contributed by atoms with van der Waals surface area (Å²) >= 11 is 9.43. The van der Waals surface area contributed by atoms with Crippen LogP contribution in [0, 0.1) is 0 Å². The zero-order chi connectivity index (χ0) is 12.0. The fraction of sp³-hybridized carbons (Fsp3) is 0.636. The number of halogens is 1. The Bertz CT molecular complexity index is 306. The molecule has 0 spiro atoms. The van der Waals surface area contributed by atoms with Crippen LogP contribution in [0.5, 0.6) is 0 Å².